The summed E-state index contributed by atoms with van der Waals surface area (Å²) in [5.41, 5.74) is 0. The first-order valence-electron chi connectivity index (χ1n) is 11.5. The quantitative estimate of drug-likeness (QED) is 0.231. The third kappa shape index (κ3) is 10.7. The molecule has 0 aromatic carbocycles. The first kappa shape index (κ1) is 27.6. The number of hydrogen-bond donors (Lipinski definition) is 1. The highest BCUT2D eigenvalue weighted by Gasteiger charge is 2.27. The van der Waals surface area contributed by atoms with E-state index in [0.29, 0.717) is 38.7 Å². The molecule has 0 bridgehead atoms. The van der Waals surface area contributed by atoms with Crippen molar-refractivity contribution in [3.05, 3.63) is 24.8 Å². The highest BCUT2D eigenvalue weighted by molar-refractivity contribution is 5.93. The number of rotatable bonds is 15. The third-order valence-corrected chi connectivity index (χ3v) is 5.38. The SMILES string of the molecule is C=CC(=O)OCC(CC(CC)OCCC)CC(CC)C(=O)OC(=O)/C=C/C1CCC(=O)N1. The summed E-state index contributed by atoms with van der Waals surface area (Å²) < 4.78 is 16.1. The minimum absolute atomic E-state index is 0.0119. The highest BCUT2D eigenvalue weighted by atomic mass is 16.6. The predicted octanol–water partition coefficient (Wildman–Crippen LogP) is 3.25. The molecule has 4 unspecified atom stereocenters. The van der Waals surface area contributed by atoms with Gasteiger partial charge in [0.2, 0.25) is 5.91 Å². The van der Waals surface area contributed by atoms with E-state index in [2.05, 4.69) is 11.9 Å². The van der Waals surface area contributed by atoms with Crippen LogP contribution in [0.5, 0.6) is 0 Å². The zero-order chi connectivity index (χ0) is 23.9. The van der Waals surface area contributed by atoms with Crippen molar-refractivity contribution < 1.29 is 33.4 Å². The Morgan fingerprint density at radius 2 is 1.91 bits per heavy atom. The van der Waals surface area contributed by atoms with E-state index >= 15 is 0 Å². The lowest BCUT2D eigenvalue weighted by Crippen LogP contribution is -2.28. The maximum atomic E-state index is 12.6. The summed E-state index contributed by atoms with van der Waals surface area (Å²) in [5, 5.41) is 2.71. The van der Waals surface area contributed by atoms with Crippen molar-refractivity contribution in [1.29, 1.82) is 0 Å². The summed E-state index contributed by atoms with van der Waals surface area (Å²) in [4.78, 5) is 47.4. The zero-order valence-corrected chi connectivity index (χ0v) is 19.5. The van der Waals surface area contributed by atoms with Crippen LogP contribution in [-0.4, -0.2) is 49.2 Å². The van der Waals surface area contributed by atoms with Crippen molar-refractivity contribution in [1.82, 2.24) is 5.32 Å². The van der Waals surface area contributed by atoms with Crippen molar-refractivity contribution >= 4 is 23.8 Å². The van der Waals surface area contributed by atoms with Gasteiger partial charge in [0, 0.05) is 31.2 Å². The average Bonchev–Trinajstić information content (AvgIpc) is 3.21. The molecule has 0 aromatic rings. The van der Waals surface area contributed by atoms with E-state index in [1.54, 1.807) is 0 Å². The van der Waals surface area contributed by atoms with E-state index in [4.69, 9.17) is 14.2 Å². The summed E-state index contributed by atoms with van der Waals surface area (Å²) in [6.45, 7) is 10.1. The Morgan fingerprint density at radius 1 is 1.16 bits per heavy atom. The Kier molecular flexibility index (Phi) is 13.2. The van der Waals surface area contributed by atoms with Crippen molar-refractivity contribution in [2.45, 2.75) is 77.9 Å². The lowest BCUT2D eigenvalue weighted by molar-refractivity contribution is -0.160. The molecule has 0 aromatic heterocycles. The van der Waals surface area contributed by atoms with Gasteiger partial charge in [-0.2, -0.15) is 0 Å². The number of amides is 1. The first-order valence-corrected chi connectivity index (χ1v) is 11.5. The van der Waals surface area contributed by atoms with Crippen LogP contribution in [0.1, 0.15) is 65.7 Å². The molecule has 0 saturated carbocycles. The van der Waals surface area contributed by atoms with Gasteiger partial charge in [-0.15, -0.1) is 0 Å². The van der Waals surface area contributed by atoms with Gasteiger partial charge in [-0.3, -0.25) is 9.59 Å². The maximum absolute atomic E-state index is 12.6. The van der Waals surface area contributed by atoms with E-state index in [1.807, 2.05) is 20.8 Å². The molecule has 1 fully saturated rings. The third-order valence-electron chi connectivity index (χ3n) is 5.38. The average molecular weight is 452 g/mol. The second-order valence-electron chi connectivity index (χ2n) is 7.99. The van der Waals surface area contributed by atoms with Crippen LogP contribution >= 0.6 is 0 Å². The van der Waals surface area contributed by atoms with Crippen molar-refractivity contribution in [3.63, 3.8) is 0 Å². The molecule has 0 radical (unpaired) electrons. The van der Waals surface area contributed by atoms with Gasteiger partial charge in [0.1, 0.15) is 0 Å². The van der Waals surface area contributed by atoms with E-state index < -0.39 is 23.8 Å². The Labute approximate surface area is 190 Å². The minimum Gasteiger partial charge on any atom is -0.462 e. The topological polar surface area (TPSA) is 108 Å². The molecule has 0 aliphatic carbocycles. The predicted molar refractivity (Wildman–Crippen MR) is 119 cm³/mol. The van der Waals surface area contributed by atoms with Gasteiger partial charge >= 0.3 is 17.9 Å². The van der Waals surface area contributed by atoms with Crippen molar-refractivity contribution in [2.24, 2.45) is 11.8 Å². The van der Waals surface area contributed by atoms with Gasteiger partial charge in [0.15, 0.2) is 0 Å². The number of nitrogens with one attached hydrogen (secondary N) is 1. The second-order valence-corrected chi connectivity index (χ2v) is 7.99. The molecule has 1 aliphatic rings. The molecule has 8 nitrogen and oxygen atoms in total. The van der Waals surface area contributed by atoms with Gasteiger partial charge in [-0.1, -0.05) is 33.4 Å². The lowest BCUT2D eigenvalue weighted by Gasteiger charge is -2.25. The van der Waals surface area contributed by atoms with E-state index in [0.717, 1.165) is 18.9 Å². The molecular formula is C24H37NO7. The minimum atomic E-state index is -0.762. The number of hydrogen-bond acceptors (Lipinski definition) is 7. The Morgan fingerprint density at radius 3 is 2.47 bits per heavy atom. The van der Waals surface area contributed by atoms with E-state index in [9.17, 15) is 19.2 Å². The summed E-state index contributed by atoms with van der Waals surface area (Å²) in [6.07, 6.45) is 8.04. The van der Waals surface area contributed by atoms with Crippen LogP contribution in [0.25, 0.3) is 0 Å². The fraction of sp³-hybridized carbons (Fsp3) is 0.667. The van der Waals surface area contributed by atoms with Gasteiger partial charge in [-0.25, -0.2) is 9.59 Å². The molecule has 8 heteroatoms. The Balaban J connectivity index is 2.70. The summed E-state index contributed by atoms with van der Waals surface area (Å²) in [6, 6.07) is -0.217. The van der Waals surface area contributed by atoms with E-state index in [-0.39, 0.29) is 30.6 Å². The maximum Gasteiger partial charge on any atom is 0.338 e. The molecular weight excluding hydrogens is 414 g/mol. The van der Waals surface area contributed by atoms with Crippen LogP contribution in [0.15, 0.2) is 24.8 Å². The number of ether oxygens (including phenoxy) is 3. The zero-order valence-electron chi connectivity index (χ0n) is 19.5. The molecule has 180 valence electrons. The monoisotopic (exact) mass is 451 g/mol. The normalized spacial score (nSPS) is 18.6. The molecule has 1 rings (SSSR count). The van der Waals surface area contributed by atoms with Gasteiger partial charge in [-0.05, 0) is 44.4 Å². The van der Waals surface area contributed by atoms with Crippen LogP contribution in [-0.2, 0) is 33.4 Å². The molecule has 1 aliphatic heterocycles. The molecule has 4 atom stereocenters. The smallest absolute Gasteiger partial charge is 0.338 e. The second kappa shape index (κ2) is 15.3. The van der Waals surface area contributed by atoms with Crippen molar-refractivity contribution in [2.75, 3.05) is 13.2 Å². The molecule has 32 heavy (non-hydrogen) atoms. The summed E-state index contributed by atoms with van der Waals surface area (Å²) in [7, 11) is 0. The van der Waals surface area contributed by atoms with Gasteiger partial charge < -0.3 is 19.5 Å². The number of esters is 3. The number of carbonyl (C=O) groups excluding carboxylic acids is 4. The number of carbonyl (C=O) groups is 4. The molecule has 1 amide bonds. The van der Waals surface area contributed by atoms with Gasteiger partial charge in [0.05, 0.1) is 18.6 Å². The van der Waals surface area contributed by atoms with Crippen LogP contribution in [0.4, 0.5) is 0 Å². The van der Waals surface area contributed by atoms with Crippen LogP contribution in [0.2, 0.25) is 0 Å². The Bertz CT molecular complexity index is 673. The molecule has 1 saturated heterocycles. The summed E-state index contributed by atoms with van der Waals surface area (Å²) in [5.74, 6) is -2.60. The van der Waals surface area contributed by atoms with Crippen LogP contribution in [0, 0.1) is 11.8 Å². The highest BCUT2D eigenvalue weighted by Crippen LogP contribution is 2.24. The summed E-state index contributed by atoms with van der Waals surface area (Å²) >= 11 is 0. The molecule has 0 spiro atoms. The van der Waals surface area contributed by atoms with Gasteiger partial charge in [0.25, 0.3) is 0 Å². The lowest BCUT2D eigenvalue weighted by atomic mass is 9.88. The molecule has 1 N–H and O–H groups in total. The fourth-order valence-electron chi connectivity index (χ4n) is 3.53. The van der Waals surface area contributed by atoms with Crippen LogP contribution in [0.3, 0.4) is 0 Å². The standard InChI is InChI=1S/C24H37NO7/c1-5-13-30-20(7-3)15-17(16-31-22(27)8-4)14-18(6-2)24(29)32-23(28)12-10-19-9-11-21(26)25-19/h8,10,12,17-20H,4-7,9,11,13-16H2,1-3H3,(H,25,26)/b12-10+. The molecule has 1 heterocycles. The first-order chi connectivity index (χ1) is 15.3. The van der Waals surface area contributed by atoms with E-state index in [1.165, 1.54) is 12.2 Å². The fourth-order valence-corrected chi connectivity index (χ4v) is 3.53. The van der Waals surface area contributed by atoms with Crippen molar-refractivity contribution in [3.8, 4) is 0 Å². The Hall–Kier alpha value is -2.48. The largest absolute Gasteiger partial charge is 0.462 e. The van der Waals surface area contributed by atoms with Crippen LogP contribution < -0.4 is 5.32 Å².